The van der Waals surface area contributed by atoms with Crippen molar-refractivity contribution in [2.24, 2.45) is 0 Å². The highest BCUT2D eigenvalue weighted by Gasteiger charge is 2.14. The normalized spacial score (nSPS) is 11.4. The SMILES string of the molecule is Cc1ccc(-c2cnc(C(F)F)cn2)c2oc(=O)[nH]c12. The van der Waals surface area contributed by atoms with Crippen LogP contribution in [-0.4, -0.2) is 15.0 Å². The molecule has 2 heterocycles. The average molecular weight is 277 g/mol. The number of alkyl halides is 2. The molecule has 7 heteroatoms. The Morgan fingerprint density at radius 3 is 2.70 bits per heavy atom. The lowest BCUT2D eigenvalue weighted by Gasteiger charge is -2.04. The van der Waals surface area contributed by atoms with Crippen LogP contribution in [0.2, 0.25) is 0 Å². The molecule has 0 aliphatic rings. The van der Waals surface area contributed by atoms with E-state index in [0.29, 0.717) is 22.4 Å². The number of H-pyrrole nitrogens is 1. The summed E-state index contributed by atoms with van der Waals surface area (Å²) in [5, 5.41) is 0. The van der Waals surface area contributed by atoms with Gasteiger partial charge < -0.3 is 4.42 Å². The lowest BCUT2D eigenvalue weighted by atomic mass is 10.1. The molecule has 0 radical (unpaired) electrons. The minimum atomic E-state index is -2.67. The Labute approximate surface area is 111 Å². The third kappa shape index (κ3) is 1.97. The number of nitrogens with zero attached hydrogens (tertiary/aromatic N) is 2. The Morgan fingerprint density at radius 1 is 1.25 bits per heavy atom. The molecule has 102 valence electrons. The third-order valence-corrected chi connectivity index (χ3v) is 2.96. The Balaban J connectivity index is 2.19. The number of rotatable bonds is 2. The smallest absolute Gasteiger partial charge is 0.407 e. The fourth-order valence-electron chi connectivity index (χ4n) is 1.95. The molecule has 0 spiro atoms. The van der Waals surface area contributed by atoms with Gasteiger partial charge in [0.1, 0.15) is 5.69 Å². The average Bonchev–Trinajstić information content (AvgIpc) is 2.82. The summed E-state index contributed by atoms with van der Waals surface area (Å²) >= 11 is 0. The largest absolute Gasteiger partial charge is 0.417 e. The van der Waals surface area contributed by atoms with E-state index in [9.17, 15) is 13.6 Å². The zero-order valence-corrected chi connectivity index (χ0v) is 10.4. The molecule has 0 aliphatic carbocycles. The molecule has 0 aliphatic heterocycles. The quantitative estimate of drug-likeness (QED) is 0.781. The van der Waals surface area contributed by atoms with Gasteiger partial charge in [0.05, 0.1) is 23.6 Å². The number of aromatic nitrogens is 3. The summed E-state index contributed by atoms with van der Waals surface area (Å²) in [5.41, 5.74) is 2.24. The van der Waals surface area contributed by atoms with Gasteiger partial charge in [-0.05, 0) is 18.6 Å². The predicted molar refractivity (Wildman–Crippen MR) is 67.6 cm³/mol. The van der Waals surface area contributed by atoms with Crippen LogP contribution < -0.4 is 5.76 Å². The third-order valence-electron chi connectivity index (χ3n) is 2.96. The molecule has 5 nitrogen and oxygen atoms in total. The monoisotopic (exact) mass is 277 g/mol. The number of nitrogens with one attached hydrogen (secondary N) is 1. The van der Waals surface area contributed by atoms with Crippen LogP contribution in [-0.2, 0) is 0 Å². The van der Waals surface area contributed by atoms with Gasteiger partial charge in [-0.1, -0.05) is 6.07 Å². The minimum Gasteiger partial charge on any atom is -0.407 e. The van der Waals surface area contributed by atoms with E-state index >= 15 is 0 Å². The van der Waals surface area contributed by atoms with Crippen molar-refractivity contribution in [3.05, 3.63) is 46.3 Å². The molecule has 3 aromatic rings. The maximum absolute atomic E-state index is 12.4. The van der Waals surface area contributed by atoms with Gasteiger partial charge in [-0.15, -0.1) is 0 Å². The van der Waals surface area contributed by atoms with Crippen LogP contribution in [0.5, 0.6) is 0 Å². The number of hydrogen-bond donors (Lipinski definition) is 1. The first-order chi connectivity index (χ1) is 9.56. The second-order valence-electron chi connectivity index (χ2n) is 4.28. The summed E-state index contributed by atoms with van der Waals surface area (Å²) in [6, 6.07) is 3.49. The zero-order valence-electron chi connectivity index (χ0n) is 10.4. The molecule has 0 atom stereocenters. The van der Waals surface area contributed by atoms with E-state index in [-0.39, 0.29) is 0 Å². The Kier molecular flexibility index (Phi) is 2.81. The summed E-state index contributed by atoms with van der Waals surface area (Å²) in [6.45, 7) is 1.82. The van der Waals surface area contributed by atoms with Gasteiger partial charge in [0.15, 0.2) is 5.58 Å². The molecule has 2 aromatic heterocycles. The number of oxazole rings is 1. The van der Waals surface area contributed by atoms with Gasteiger partial charge in [0.25, 0.3) is 6.43 Å². The molecule has 3 rings (SSSR count). The van der Waals surface area contributed by atoms with E-state index in [0.717, 1.165) is 11.8 Å². The van der Waals surface area contributed by atoms with Crippen molar-refractivity contribution >= 4 is 11.1 Å². The molecule has 0 bridgehead atoms. The maximum Gasteiger partial charge on any atom is 0.417 e. The molecular formula is C13H9F2N3O2. The molecular weight excluding hydrogens is 268 g/mol. The number of fused-ring (bicyclic) bond motifs is 1. The van der Waals surface area contributed by atoms with E-state index in [1.165, 1.54) is 6.20 Å². The van der Waals surface area contributed by atoms with Crippen LogP contribution in [0.25, 0.3) is 22.4 Å². The Bertz CT molecular complexity index is 822. The zero-order chi connectivity index (χ0) is 14.3. The molecule has 0 fully saturated rings. The highest BCUT2D eigenvalue weighted by molar-refractivity contribution is 5.90. The predicted octanol–water partition coefficient (Wildman–Crippen LogP) is 2.82. The lowest BCUT2D eigenvalue weighted by Crippen LogP contribution is -1.93. The number of hydrogen-bond acceptors (Lipinski definition) is 4. The maximum atomic E-state index is 12.4. The molecule has 0 saturated heterocycles. The summed E-state index contributed by atoms with van der Waals surface area (Å²) in [5.74, 6) is -0.576. The first-order valence-corrected chi connectivity index (χ1v) is 5.79. The van der Waals surface area contributed by atoms with Crippen molar-refractivity contribution in [3.63, 3.8) is 0 Å². The summed E-state index contributed by atoms with van der Waals surface area (Å²) in [7, 11) is 0. The summed E-state index contributed by atoms with van der Waals surface area (Å²) < 4.78 is 30.0. The second-order valence-corrected chi connectivity index (χ2v) is 4.28. The van der Waals surface area contributed by atoms with E-state index < -0.39 is 17.9 Å². The number of aryl methyl sites for hydroxylation is 1. The van der Waals surface area contributed by atoms with Crippen LogP contribution in [0.4, 0.5) is 8.78 Å². The first kappa shape index (κ1) is 12.5. The van der Waals surface area contributed by atoms with Crippen LogP contribution >= 0.6 is 0 Å². The summed E-state index contributed by atoms with van der Waals surface area (Å²) in [4.78, 5) is 21.5. The number of aromatic amines is 1. The lowest BCUT2D eigenvalue weighted by molar-refractivity contribution is 0.145. The highest BCUT2D eigenvalue weighted by atomic mass is 19.3. The van der Waals surface area contributed by atoms with Gasteiger partial charge in [-0.3, -0.25) is 15.0 Å². The Morgan fingerprint density at radius 2 is 2.05 bits per heavy atom. The van der Waals surface area contributed by atoms with E-state index in [1.807, 2.05) is 6.92 Å². The van der Waals surface area contributed by atoms with E-state index in [4.69, 9.17) is 4.42 Å². The molecule has 1 N–H and O–H groups in total. The summed E-state index contributed by atoms with van der Waals surface area (Å²) in [6.07, 6.45) is -0.422. The van der Waals surface area contributed by atoms with Crippen molar-refractivity contribution in [2.75, 3.05) is 0 Å². The number of halogens is 2. The van der Waals surface area contributed by atoms with Gasteiger partial charge in [0.2, 0.25) is 0 Å². The van der Waals surface area contributed by atoms with Crippen LogP contribution in [0, 0.1) is 6.92 Å². The van der Waals surface area contributed by atoms with Crippen molar-refractivity contribution < 1.29 is 13.2 Å². The van der Waals surface area contributed by atoms with Crippen molar-refractivity contribution in [1.29, 1.82) is 0 Å². The van der Waals surface area contributed by atoms with Gasteiger partial charge >= 0.3 is 5.76 Å². The Hall–Kier alpha value is -2.57. The van der Waals surface area contributed by atoms with E-state index in [2.05, 4.69) is 15.0 Å². The van der Waals surface area contributed by atoms with Crippen LogP contribution in [0.1, 0.15) is 17.7 Å². The fraction of sp³-hybridized carbons (Fsp3) is 0.154. The molecule has 0 unspecified atom stereocenters. The topological polar surface area (TPSA) is 71.8 Å². The van der Waals surface area contributed by atoms with Gasteiger partial charge in [-0.2, -0.15) is 0 Å². The number of benzene rings is 1. The standard InChI is InChI=1S/C13H9F2N3O2/c1-6-2-3-7(11-10(6)18-13(19)20-11)8-4-17-9(5-16-8)12(14)15/h2-5,12H,1H3,(H,18,19). The van der Waals surface area contributed by atoms with Crippen molar-refractivity contribution in [3.8, 4) is 11.3 Å². The minimum absolute atomic E-state index is 0.342. The molecule has 0 amide bonds. The van der Waals surface area contributed by atoms with Gasteiger partial charge in [0, 0.05) is 5.56 Å². The van der Waals surface area contributed by atoms with Crippen molar-refractivity contribution in [2.45, 2.75) is 13.3 Å². The van der Waals surface area contributed by atoms with Crippen LogP contribution in [0.15, 0.2) is 33.7 Å². The second kappa shape index (κ2) is 4.52. The van der Waals surface area contributed by atoms with E-state index in [1.54, 1.807) is 12.1 Å². The fourth-order valence-corrected chi connectivity index (χ4v) is 1.95. The molecule has 20 heavy (non-hydrogen) atoms. The molecule has 1 aromatic carbocycles. The first-order valence-electron chi connectivity index (χ1n) is 5.79. The highest BCUT2D eigenvalue weighted by Crippen LogP contribution is 2.28. The van der Waals surface area contributed by atoms with Gasteiger partial charge in [-0.25, -0.2) is 13.6 Å². The van der Waals surface area contributed by atoms with Crippen molar-refractivity contribution in [1.82, 2.24) is 15.0 Å². The molecule has 0 saturated carbocycles. The van der Waals surface area contributed by atoms with Crippen LogP contribution in [0.3, 0.4) is 0 Å².